The van der Waals surface area contributed by atoms with E-state index in [9.17, 15) is 4.79 Å². The Morgan fingerprint density at radius 1 is 1.33 bits per heavy atom. The molecule has 0 aliphatic carbocycles. The minimum Gasteiger partial charge on any atom is -0.497 e. The normalized spacial score (nSPS) is 26.3. The molecule has 1 aromatic rings. The Morgan fingerprint density at radius 3 is 2.95 bits per heavy atom. The van der Waals surface area contributed by atoms with Crippen LogP contribution in [0, 0.1) is 0 Å². The molecular formula is C17H24N2O2. The molecule has 1 N–H and O–H groups in total. The van der Waals surface area contributed by atoms with Crippen LogP contribution in [0.4, 0.5) is 0 Å². The van der Waals surface area contributed by atoms with Crippen molar-refractivity contribution in [3.05, 3.63) is 29.8 Å². The number of amides is 1. The van der Waals surface area contributed by atoms with Crippen LogP contribution in [0.25, 0.3) is 0 Å². The van der Waals surface area contributed by atoms with Gasteiger partial charge in [0, 0.05) is 25.2 Å². The standard InChI is InChI=1S/C17H24N2O2/c1-12(13-4-3-5-16(10-13)21-2)17(20)19-9-8-14-6-7-15(11-19)18-14/h3-5,10,12,14-15,18H,6-9,11H2,1-2H3. The molecule has 2 bridgehead atoms. The minimum atomic E-state index is -0.114. The Morgan fingerprint density at radius 2 is 2.14 bits per heavy atom. The number of benzene rings is 1. The highest BCUT2D eigenvalue weighted by Gasteiger charge is 2.32. The van der Waals surface area contributed by atoms with Crippen LogP contribution in [-0.4, -0.2) is 43.1 Å². The third-order valence-corrected chi connectivity index (χ3v) is 4.80. The van der Waals surface area contributed by atoms with Crippen LogP contribution in [0.5, 0.6) is 5.75 Å². The van der Waals surface area contributed by atoms with Crippen molar-refractivity contribution in [1.29, 1.82) is 0 Å². The molecule has 2 aliphatic heterocycles. The summed E-state index contributed by atoms with van der Waals surface area (Å²) in [5, 5.41) is 3.62. The number of nitrogens with zero attached hydrogens (tertiary/aromatic N) is 1. The van der Waals surface area contributed by atoms with E-state index in [1.165, 1.54) is 12.8 Å². The maximum atomic E-state index is 12.8. The van der Waals surface area contributed by atoms with E-state index in [4.69, 9.17) is 4.74 Å². The second-order valence-corrected chi connectivity index (χ2v) is 6.21. The number of likely N-dealkylation sites (tertiary alicyclic amines) is 1. The lowest BCUT2D eigenvalue weighted by molar-refractivity contribution is -0.132. The molecule has 3 atom stereocenters. The first kappa shape index (κ1) is 14.4. The highest BCUT2D eigenvalue weighted by atomic mass is 16.5. The van der Waals surface area contributed by atoms with Gasteiger partial charge in [0.15, 0.2) is 0 Å². The molecule has 2 heterocycles. The second-order valence-electron chi connectivity index (χ2n) is 6.21. The quantitative estimate of drug-likeness (QED) is 0.926. The first-order valence-corrected chi connectivity index (χ1v) is 7.86. The van der Waals surface area contributed by atoms with Crippen molar-refractivity contribution in [2.24, 2.45) is 0 Å². The van der Waals surface area contributed by atoms with E-state index < -0.39 is 0 Å². The van der Waals surface area contributed by atoms with E-state index >= 15 is 0 Å². The van der Waals surface area contributed by atoms with E-state index in [-0.39, 0.29) is 11.8 Å². The largest absolute Gasteiger partial charge is 0.497 e. The first-order chi connectivity index (χ1) is 10.2. The van der Waals surface area contributed by atoms with Crippen molar-refractivity contribution >= 4 is 5.91 Å². The van der Waals surface area contributed by atoms with Crippen molar-refractivity contribution < 1.29 is 9.53 Å². The van der Waals surface area contributed by atoms with Gasteiger partial charge in [-0.1, -0.05) is 12.1 Å². The number of nitrogens with one attached hydrogen (secondary N) is 1. The molecular weight excluding hydrogens is 264 g/mol. The Labute approximate surface area is 126 Å². The van der Waals surface area contributed by atoms with Crippen molar-refractivity contribution in [1.82, 2.24) is 10.2 Å². The summed E-state index contributed by atoms with van der Waals surface area (Å²) in [6.07, 6.45) is 3.53. The summed E-state index contributed by atoms with van der Waals surface area (Å²) in [6.45, 7) is 3.72. The number of methoxy groups -OCH3 is 1. The lowest BCUT2D eigenvalue weighted by Gasteiger charge is -2.27. The smallest absolute Gasteiger partial charge is 0.229 e. The maximum absolute atomic E-state index is 12.8. The van der Waals surface area contributed by atoms with Crippen LogP contribution in [0.2, 0.25) is 0 Å². The van der Waals surface area contributed by atoms with Gasteiger partial charge in [0.25, 0.3) is 0 Å². The number of hydrogen-bond donors (Lipinski definition) is 1. The number of carbonyl (C=O) groups is 1. The average molecular weight is 288 g/mol. The van der Waals surface area contributed by atoms with Gasteiger partial charge >= 0.3 is 0 Å². The topological polar surface area (TPSA) is 41.6 Å². The molecule has 3 rings (SSSR count). The van der Waals surface area contributed by atoms with Crippen LogP contribution in [0.1, 0.15) is 37.7 Å². The number of carbonyl (C=O) groups excluding carboxylic acids is 1. The molecule has 0 aromatic heterocycles. The molecule has 0 spiro atoms. The zero-order valence-corrected chi connectivity index (χ0v) is 12.8. The fourth-order valence-corrected chi connectivity index (χ4v) is 3.47. The Bertz CT molecular complexity index is 517. The summed E-state index contributed by atoms with van der Waals surface area (Å²) in [7, 11) is 1.66. The summed E-state index contributed by atoms with van der Waals surface area (Å²) in [4.78, 5) is 14.8. The van der Waals surface area contributed by atoms with Gasteiger partial charge in [0.2, 0.25) is 5.91 Å². The molecule has 4 nitrogen and oxygen atoms in total. The van der Waals surface area contributed by atoms with E-state index in [2.05, 4.69) is 5.32 Å². The fraction of sp³-hybridized carbons (Fsp3) is 0.588. The van der Waals surface area contributed by atoms with Crippen LogP contribution < -0.4 is 10.1 Å². The van der Waals surface area contributed by atoms with E-state index in [1.54, 1.807) is 7.11 Å². The van der Waals surface area contributed by atoms with Crippen molar-refractivity contribution in [3.63, 3.8) is 0 Å². The van der Waals surface area contributed by atoms with Crippen LogP contribution >= 0.6 is 0 Å². The molecule has 114 valence electrons. The molecule has 21 heavy (non-hydrogen) atoms. The third kappa shape index (κ3) is 3.05. The molecule has 2 aliphatic rings. The highest BCUT2D eigenvalue weighted by Crippen LogP contribution is 2.26. The zero-order valence-electron chi connectivity index (χ0n) is 12.8. The van der Waals surface area contributed by atoms with E-state index in [1.807, 2.05) is 36.1 Å². The van der Waals surface area contributed by atoms with E-state index in [0.29, 0.717) is 12.1 Å². The minimum absolute atomic E-state index is 0.114. The van der Waals surface area contributed by atoms with Gasteiger partial charge < -0.3 is 15.0 Å². The average Bonchev–Trinajstić information content (AvgIpc) is 2.85. The fourth-order valence-electron chi connectivity index (χ4n) is 3.47. The Hall–Kier alpha value is -1.55. The monoisotopic (exact) mass is 288 g/mol. The van der Waals surface area contributed by atoms with Gasteiger partial charge in [-0.3, -0.25) is 4.79 Å². The number of rotatable bonds is 3. The molecule has 0 saturated carbocycles. The SMILES string of the molecule is COc1cccc(C(C)C(=O)N2CCC3CCC(C2)N3)c1. The van der Waals surface area contributed by atoms with Crippen molar-refractivity contribution in [3.8, 4) is 5.75 Å². The summed E-state index contributed by atoms with van der Waals surface area (Å²) < 4.78 is 5.26. The Kier molecular flexibility index (Phi) is 4.15. The highest BCUT2D eigenvalue weighted by molar-refractivity contribution is 5.83. The van der Waals surface area contributed by atoms with Gasteiger partial charge in [-0.2, -0.15) is 0 Å². The van der Waals surface area contributed by atoms with Crippen LogP contribution in [0.15, 0.2) is 24.3 Å². The molecule has 4 heteroatoms. The van der Waals surface area contributed by atoms with Crippen LogP contribution in [-0.2, 0) is 4.79 Å². The Balaban J connectivity index is 1.71. The molecule has 0 radical (unpaired) electrons. The number of fused-ring (bicyclic) bond motifs is 2. The van der Waals surface area contributed by atoms with Crippen LogP contribution in [0.3, 0.4) is 0 Å². The summed E-state index contributed by atoms with van der Waals surface area (Å²) in [5.41, 5.74) is 1.03. The van der Waals surface area contributed by atoms with Crippen molar-refractivity contribution in [2.75, 3.05) is 20.2 Å². The summed E-state index contributed by atoms with van der Waals surface area (Å²) in [5.74, 6) is 0.929. The first-order valence-electron chi connectivity index (χ1n) is 7.86. The predicted octanol–water partition coefficient (Wildman–Crippen LogP) is 2.15. The summed E-state index contributed by atoms with van der Waals surface area (Å²) in [6, 6.07) is 8.93. The molecule has 2 fully saturated rings. The number of ether oxygens (including phenoxy) is 1. The molecule has 3 unspecified atom stereocenters. The zero-order chi connectivity index (χ0) is 14.8. The molecule has 2 saturated heterocycles. The maximum Gasteiger partial charge on any atom is 0.229 e. The van der Waals surface area contributed by atoms with Gasteiger partial charge in [-0.25, -0.2) is 0 Å². The van der Waals surface area contributed by atoms with Gasteiger partial charge in [-0.05, 0) is 43.9 Å². The number of hydrogen-bond acceptors (Lipinski definition) is 3. The molecule has 1 aromatic carbocycles. The lowest BCUT2D eigenvalue weighted by atomic mass is 9.98. The third-order valence-electron chi connectivity index (χ3n) is 4.80. The predicted molar refractivity (Wildman–Crippen MR) is 82.6 cm³/mol. The van der Waals surface area contributed by atoms with Gasteiger partial charge in [0.05, 0.1) is 13.0 Å². The van der Waals surface area contributed by atoms with E-state index in [0.717, 1.165) is 30.8 Å². The molecule has 1 amide bonds. The second kappa shape index (κ2) is 6.06. The lowest BCUT2D eigenvalue weighted by Crippen LogP contribution is -2.40. The van der Waals surface area contributed by atoms with Gasteiger partial charge in [0.1, 0.15) is 5.75 Å². The van der Waals surface area contributed by atoms with Crippen molar-refractivity contribution in [2.45, 2.75) is 44.2 Å². The van der Waals surface area contributed by atoms with Gasteiger partial charge in [-0.15, -0.1) is 0 Å². The summed E-state index contributed by atoms with van der Waals surface area (Å²) >= 11 is 0.